The number of aliphatic hydroxyl groups excluding tert-OH is 5. The molecule has 254 valence electrons. The van der Waals surface area contributed by atoms with Crippen molar-refractivity contribution in [2.45, 2.75) is 162 Å². The summed E-state index contributed by atoms with van der Waals surface area (Å²) < 4.78 is 12.2. The zero-order chi connectivity index (χ0) is 32.6. The highest BCUT2D eigenvalue weighted by atomic mass is 16.7. The average Bonchev–Trinajstić information content (AvgIpc) is 3.32. The molecule has 4 saturated carbocycles. The van der Waals surface area contributed by atoms with Crippen LogP contribution in [0, 0.1) is 45.3 Å². The van der Waals surface area contributed by atoms with Crippen molar-refractivity contribution >= 4 is 0 Å². The van der Waals surface area contributed by atoms with Crippen molar-refractivity contribution in [2.24, 2.45) is 45.3 Å². The number of hydrogen-bond donors (Lipinski definition) is 6. The lowest BCUT2D eigenvalue weighted by molar-refractivity contribution is -0.332. The maximum absolute atomic E-state index is 12.0. The molecule has 1 saturated heterocycles. The van der Waals surface area contributed by atoms with Crippen LogP contribution in [-0.4, -0.2) is 85.8 Å². The van der Waals surface area contributed by atoms with E-state index in [4.69, 9.17) is 9.47 Å². The first kappa shape index (κ1) is 34.7. The van der Waals surface area contributed by atoms with Crippen molar-refractivity contribution in [2.75, 3.05) is 6.61 Å². The summed E-state index contributed by atoms with van der Waals surface area (Å²) in [6.07, 6.45) is 3.15. The van der Waals surface area contributed by atoms with Crippen LogP contribution in [0.2, 0.25) is 0 Å². The van der Waals surface area contributed by atoms with Crippen LogP contribution in [0.25, 0.3) is 0 Å². The number of rotatable bonds is 7. The second-order valence-electron chi connectivity index (χ2n) is 17.3. The summed E-state index contributed by atoms with van der Waals surface area (Å²) in [6, 6.07) is 0. The van der Waals surface area contributed by atoms with Crippen LogP contribution in [-0.2, 0) is 9.47 Å². The van der Waals surface area contributed by atoms with Crippen LogP contribution in [0.5, 0.6) is 0 Å². The fourth-order valence-corrected chi connectivity index (χ4v) is 11.9. The summed E-state index contributed by atoms with van der Waals surface area (Å²) in [4.78, 5) is 0. The number of allylic oxidation sites excluding steroid dienone is 2. The molecule has 1 heterocycles. The Hall–Kier alpha value is -0.580. The van der Waals surface area contributed by atoms with Gasteiger partial charge in [0.15, 0.2) is 6.29 Å². The van der Waals surface area contributed by atoms with E-state index in [0.717, 1.165) is 51.4 Å². The van der Waals surface area contributed by atoms with E-state index in [-0.39, 0.29) is 39.6 Å². The second kappa shape index (κ2) is 11.8. The second-order valence-corrected chi connectivity index (χ2v) is 17.3. The molecule has 0 aromatic carbocycles. The smallest absolute Gasteiger partial charge is 0.186 e. The SMILES string of the molecule is CC(C)=CCCC(C)(O)C1CCC2(C)C1[C@H](O)CC1[C@@]3(C)CCC(O[C@@H]4O[C@H](CO)[C@@H](O)[C@H](O)[C@H]4O)C(C)(C)C3CC[C@]12C. The van der Waals surface area contributed by atoms with Gasteiger partial charge in [-0.1, -0.05) is 46.3 Å². The molecule has 4 aliphatic carbocycles. The van der Waals surface area contributed by atoms with Gasteiger partial charge in [-0.25, -0.2) is 0 Å². The summed E-state index contributed by atoms with van der Waals surface area (Å²) in [5.74, 6) is 0.792. The van der Waals surface area contributed by atoms with Gasteiger partial charge < -0.3 is 40.1 Å². The van der Waals surface area contributed by atoms with Crippen LogP contribution in [0.1, 0.15) is 113 Å². The molecule has 5 aliphatic rings. The molecule has 0 amide bonds. The summed E-state index contributed by atoms with van der Waals surface area (Å²) in [5.41, 5.74) is 0.122. The number of ether oxygens (including phenoxy) is 2. The minimum atomic E-state index is -1.46. The van der Waals surface area contributed by atoms with Crippen LogP contribution < -0.4 is 0 Å². The molecule has 1 aliphatic heterocycles. The van der Waals surface area contributed by atoms with E-state index in [2.05, 4.69) is 54.5 Å². The highest BCUT2D eigenvalue weighted by Gasteiger charge is 2.71. The molecular weight excluding hydrogens is 560 g/mol. The number of fused-ring (bicyclic) bond motifs is 5. The lowest BCUT2D eigenvalue weighted by Crippen LogP contribution is -2.67. The van der Waals surface area contributed by atoms with Crippen LogP contribution in [0.3, 0.4) is 0 Å². The molecule has 0 aromatic rings. The van der Waals surface area contributed by atoms with Crippen LogP contribution >= 0.6 is 0 Å². The Morgan fingerprint density at radius 3 is 2.18 bits per heavy atom. The molecule has 0 bridgehead atoms. The molecule has 0 radical (unpaired) electrons. The summed E-state index contributed by atoms with van der Waals surface area (Å²) in [5, 5.41) is 64.8. The Kier molecular flexibility index (Phi) is 9.35. The van der Waals surface area contributed by atoms with E-state index in [1.165, 1.54) is 5.57 Å². The third-order valence-corrected chi connectivity index (χ3v) is 14.5. The van der Waals surface area contributed by atoms with Gasteiger partial charge in [-0.2, -0.15) is 0 Å². The van der Waals surface area contributed by atoms with Gasteiger partial charge in [-0.15, -0.1) is 0 Å². The molecule has 7 unspecified atom stereocenters. The van der Waals surface area contributed by atoms with Crippen molar-refractivity contribution in [3.8, 4) is 0 Å². The number of hydrogen-bond acceptors (Lipinski definition) is 8. The third kappa shape index (κ3) is 5.26. The van der Waals surface area contributed by atoms with Gasteiger partial charge >= 0.3 is 0 Å². The van der Waals surface area contributed by atoms with Crippen molar-refractivity contribution in [3.63, 3.8) is 0 Å². The van der Waals surface area contributed by atoms with Crippen molar-refractivity contribution in [1.82, 2.24) is 0 Å². The molecule has 0 spiro atoms. The first-order chi connectivity index (χ1) is 20.3. The van der Waals surface area contributed by atoms with Gasteiger partial charge in [0.1, 0.15) is 24.4 Å². The van der Waals surface area contributed by atoms with Crippen molar-refractivity contribution in [3.05, 3.63) is 11.6 Å². The zero-order valence-corrected chi connectivity index (χ0v) is 28.5. The monoisotopic (exact) mass is 622 g/mol. The van der Waals surface area contributed by atoms with Crippen LogP contribution in [0.15, 0.2) is 11.6 Å². The predicted octanol–water partition coefficient (Wildman–Crippen LogP) is 4.32. The first-order valence-corrected chi connectivity index (χ1v) is 17.3. The molecule has 8 nitrogen and oxygen atoms in total. The van der Waals surface area contributed by atoms with E-state index in [9.17, 15) is 30.6 Å². The fourth-order valence-electron chi connectivity index (χ4n) is 11.9. The maximum atomic E-state index is 12.0. The summed E-state index contributed by atoms with van der Waals surface area (Å²) >= 11 is 0. The third-order valence-electron chi connectivity index (χ3n) is 14.5. The molecule has 15 atom stereocenters. The van der Waals surface area contributed by atoms with Gasteiger partial charge in [0.25, 0.3) is 0 Å². The zero-order valence-electron chi connectivity index (χ0n) is 28.5. The summed E-state index contributed by atoms with van der Waals surface area (Å²) in [7, 11) is 0. The van der Waals surface area contributed by atoms with E-state index >= 15 is 0 Å². The Balaban J connectivity index is 1.37. The van der Waals surface area contributed by atoms with Gasteiger partial charge in [-0.05, 0) is 124 Å². The van der Waals surface area contributed by atoms with Crippen LogP contribution in [0.4, 0.5) is 0 Å². The van der Waals surface area contributed by atoms with Gasteiger partial charge in [0.05, 0.1) is 24.4 Å². The van der Waals surface area contributed by atoms with Crippen molar-refractivity contribution < 1.29 is 40.1 Å². The molecule has 5 rings (SSSR count). The molecule has 6 N–H and O–H groups in total. The Morgan fingerprint density at radius 2 is 1.55 bits per heavy atom. The standard InChI is InChI=1S/C36H62O8/c1-20(2)10-9-14-36(8,42)21-11-16-35(7)27(21)22(38)18-25-33(5)15-13-26(32(3,4)24(33)12-17-34(25,35)6)44-31-30(41)29(40)28(39)23(19-37)43-31/h10,21-31,37-42H,9,11-19H2,1-8H3/t21?,22-,23-,24?,25?,26?,27?,28-,29+,30-,31+,33+,34-,35?,36?/m1/s1. The Morgan fingerprint density at radius 1 is 0.886 bits per heavy atom. The highest BCUT2D eigenvalue weighted by molar-refractivity contribution is 5.20. The molecule has 0 aromatic heterocycles. The lowest BCUT2D eigenvalue weighted by atomic mass is 9.35. The normalized spacial score (nSPS) is 51.5. The number of aliphatic hydroxyl groups is 6. The van der Waals surface area contributed by atoms with E-state index < -0.39 is 49.0 Å². The first-order valence-electron chi connectivity index (χ1n) is 17.3. The predicted molar refractivity (Wildman–Crippen MR) is 168 cm³/mol. The highest BCUT2D eigenvalue weighted by Crippen LogP contribution is 2.76. The van der Waals surface area contributed by atoms with E-state index in [1.54, 1.807) is 0 Å². The lowest BCUT2D eigenvalue weighted by Gasteiger charge is -2.70. The molecular formula is C36H62O8. The van der Waals surface area contributed by atoms with Gasteiger partial charge in [-0.3, -0.25) is 0 Å². The Bertz CT molecular complexity index is 1070. The molecule has 8 heteroatoms. The maximum Gasteiger partial charge on any atom is 0.186 e. The van der Waals surface area contributed by atoms with E-state index in [1.807, 2.05) is 6.92 Å². The van der Waals surface area contributed by atoms with Gasteiger partial charge in [0.2, 0.25) is 0 Å². The minimum absolute atomic E-state index is 0.0231. The average molecular weight is 623 g/mol. The Labute approximate surface area is 265 Å². The topological polar surface area (TPSA) is 140 Å². The molecule has 5 fully saturated rings. The largest absolute Gasteiger partial charge is 0.394 e. The van der Waals surface area contributed by atoms with Crippen molar-refractivity contribution in [1.29, 1.82) is 0 Å². The van der Waals surface area contributed by atoms with Gasteiger partial charge in [0, 0.05) is 0 Å². The minimum Gasteiger partial charge on any atom is -0.394 e. The van der Waals surface area contributed by atoms with E-state index in [0.29, 0.717) is 18.3 Å². The molecule has 44 heavy (non-hydrogen) atoms. The fraction of sp³-hybridized carbons (Fsp3) is 0.944. The summed E-state index contributed by atoms with van der Waals surface area (Å²) in [6.45, 7) is 17.5. The quantitative estimate of drug-likeness (QED) is 0.182.